The van der Waals surface area contributed by atoms with E-state index < -0.39 is 0 Å². The first-order valence-electron chi connectivity index (χ1n) is 6.94. The van der Waals surface area contributed by atoms with Gasteiger partial charge in [-0.25, -0.2) is 0 Å². The number of nitrogens with one attached hydrogen (secondary N) is 2. The lowest BCUT2D eigenvalue weighted by Gasteiger charge is -2.18. The molecule has 5 heteroatoms. The molecule has 0 aliphatic rings. The minimum Gasteiger partial charge on any atom is -0.497 e. The van der Waals surface area contributed by atoms with Gasteiger partial charge in [0, 0.05) is 29.8 Å². The Morgan fingerprint density at radius 1 is 1.19 bits per heavy atom. The van der Waals surface area contributed by atoms with Crippen LogP contribution in [0.5, 0.6) is 11.5 Å². The number of aromatic amines is 1. The first-order valence-corrected chi connectivity index (χ1v) is 6.94. The summed E-state index contributed by atoms with van der Waals surface area (Å²) in [6.07, 6.45) is 1.93. The maximum atomic E-state index is 5.37. The van der Waals surface area contributed by atoms with E-state index in [-0.39, 0.29) is 5.41 Å². The molecule has 1 aromatic heterocycles. The largest absolute Gasteiger partial charge is 0.497 e. The maximum Gasteiger partial charge on any atom is 0.142 e. The number of aromatic nitrogens is 2. The predicted molar refractivity (Wildman–Crippen MR) is 84.2 cm³/mol. The summed E-state index contributed by atoms with van der Waals surface area (Å²) < 4.78 is 10.6. The molecule has 0 saturated heterocycles. The van der Waals surface area contributed by atoms with E-state index in [2.05, 4.69) is 36.3 Å². The first kappa shape index (κ1) is 15.2. The second-order valence-corrected chi connectivity index (χ2v) is 5.93. The van der Waals surface area contributed by atoms with Gasteiger partial charge in [-0.1, -0.05) is 20.8 Å². The molecule has 0 fully saturated rings. The Bertz CT molecular complexity index is 600. The lowest BCUT2D eigenvalue weighted by Crippen LogP contribution is -2.15. The number of nitrogens with zero attached hydrogens (tertiary/aromatic N) is 1. The Hall–Kier alpha value is -2.17. The lowest BCUT2D eigenvalue weighted by molar-refractivity contribution is 0.404. The zero-order valence-electron chi connectivity index (χ0n) is 13.3. The van der Waals surface area contributed by atoms with Gasteiger partial charge in [0.2, 0.25) is 0 Å². The minimum atomic E-state index is 0.00940. The van der Waals surface area contributed by atoms with Crippen LogP contribution in [0.3, 0.4) is 0 Å². The molecule has 2 rings (SSSR count). The van der Waals surface area contributed by atoms with E-state index in [0.717, 1.165) is 28.4 Å². The molecule has 0 aliphatic heterocycles. The highest BCUT2D eigenvalue weighted by Gasteiger charge is 2.20. The van der Waals surface area contributed by atoms with Crippen molar-refractivity contribution in [3.8, 4) is 11.5 Å². The van der Waals surface area contributed by atoms with Gasteiger partial charge in [0.25, 0.3) is 0 Å². The van der Waals surface area contributed by atoms with E-state index in [1.54, 1.807) is 14.2 Å². The van der Waals surface area contributed by atoms with Crippen LogP contribution < -0.4 is 14.8 Å². The van der Waals surface area contributed by atoms with Crippen LogP contribution in [0, 0.1) is 0 Å². The predicted octanol–water partition coefficient (Wildman–Crippen LogP) is 3.34. The summed E-state index contributed by atoms with van der Waals surface area (Å²) in [5.74, 6) is 1.58. The third kappa shape index (κ3) is 3.48. The summed E-state index contributed by atoms with van der Waals surface area (Å²) in [6.45, 7) is 7.13. The number of hydrogen-bond acceptors (Lipinski definition) is 4. The molecule has 0 saturated carbocycles. The highest BCUT2D eigenvalue weighted by atomic mass is 16.5. The van der Waals surface area contributed by atoms with Gasteiger partial charge in [0.15, 0.2) is 0 Å². The van der Waals surface area contributed by atoms with Crippen LogP contribution in [0.4, 0.5) is 5.69 Å². The van der Waals surface area contributed by atoms with Crippen LogP contribution in [0.2, 0.25) is 0 Å². The van der Waals surface area contributed by atoms with E-state index in [1.807, 2.05) is 24.4 Å². The molecule has 1 aromatic carbocycles. The van der Waals surface area contributed by atoms with Crippen molar-refractivity contribution in [2.45, 2.75) is 32.7 Å². The zero-order chi connectivity index (χ0) is 15.5. The maximum absolute atomic E-state index is 5.37. The van der Waals surface area contributed by atoms with E-state index >= 15 is 0 Å². The van der Waals surface area contributed by atoms with Crippen molar-refractivity contribution in [2.75, 3.05) is 19.5 Å². The molecule has 114 valence electrons. The van der Waals surface area contributed by atoms with E-state index in [0.29, 0.717) is 6.54 Å². The highest BCUT2D eigenvalue weighted by molar-refractivity contribution is 5.60. The number of anilines is 1. The third-order valence-corrected chi connectivity index (χ3v) is 3.31. The van der Waals surface area contributed by atoms with Crippen molar-refractivity contribution in [1.82, 2.24) is 10.2 Å². The van der Waals surface area contributed by atoms with Gasteiger partial charge >= 0.3 is 0 Å². The summed E-state index contributed by atoms with van der Waals surface area (Å²) in [5.41, 5.74) is 3.12. The summed E-state index contributed by atoms with van der Waals surface area (Å²) in [5, 5.41) is 10.7. The number of ether oxygens (including phenoxy) is 2. The average Bonchev–Trinajstić information content (AvgIpc) is 2.93. The molecule has 0 bridgehead atoms. The second-order valence-electron chi connectivity index (χ2n) is 5.93. The molecule has 2 N–H and O–H groups in total. The Balaban J connectivity index is 2.19. The van der Waals surface area contributed by atoms with Crippen LogP contribution >= 0.6 is 0 Å². The minimum absolute atomic E-state index is 0.00940. The van der Waals surface area contributed by atoms with Crippen molar-refractivity contribution in [3.05, 3.63) is 35.7 Å². The van der Waals surface area contributed by atoms with E-state index in [9.17, 15) is 0 Å². The SMILES string of the molecule is COc1ccc(OC)c(NCc2c[nH]nc2C(C)(C)C)c1. The molecule has 0 aliphatic carbocycles. The standard InChI is InChI=1S/C16H23N3O2/c1-16(2,3)15-11(10-18-19-15)9-17-13-8-12(20-4)6-7-14(13)21-5/h6-8,10,17H,9H2,1-5H3,(H,18,19). The molecule has 0 radical (unpaired) electrons. The molecular weight excluding hydrogens is 266 g/mol. The Kier molecular flexibility index (Phi) is 4.40. The van der Waals surface area contributed by atoms with Crippen molar-refractivity contribution >= 4 is 5.69 Å². The smallest absolute Gasteiger partial charge is 0.142 e. The molecule has 0 amide bonds. The molecule has 0 unspecified atom stereocenters. The lowest BCUT2D eigenvalue weighted by atomic mass is 9.89. The van der Waals surface area contributed by atoms with E-state index in [1.165, 1.54) is 0 Å². The number of rotatable bonds is 5. The van der Waals surface area contributed by atoms with Gasteiger partial charge in [-0.05, 0) is 12.1 Å². The number of benzene rings is 1. The molecule has 0 atom stereocenters. The van der Waals surface area contributed by atoms with Crippen molar-refractivity contribution in [1.29, 1.82) is 0 Å². The number of H-pyrrole nitrogens is 1. The fourth-order valence-corrected chi connectivity index (χ4v) is 2.24. The van der Waals surface area contributed by atoms with Gasteiger partial charge in [-0.3, -0.25) is 5.10 Å². The second kappa shape index (κ2) is 6.08. The van der Waals surface area contributed by atoms with Crippen molar-refractivity contribution in [2.24, 2.45) is 0 Å². The summed E-state index contributed by atoms with van der Waals surface area (Å²) in [6, 6.07) is 5.69. The van der Waals surface area contributed by atoms with Gasteiger partial charge < -0.3 is 14.8 Å². The van der Waals surface area contributed by atoms with Crippen LogP contribution in [0.1, 0.15) is 32.0 Å². The topological polar surface area (TPSA) is 59.2 Å². The zero-order valence-corrected chi connectivity index (χ0v) is 13.3. The van der Waals surface area contributed by atoms with Crippen molar-refractivity contribution < 1.29 is 9.47 Å². The fourth-order valence-electron chi connectivity index (χ4n) is 2.24. The fraction of sp³-hybridized carbons (Fsp3) is 0.438. The monoisotopic (exact) mass is 289 g/mol. The van der Waals surface area contributed by atoms with E-state index in [4.69, 9.17) is 9.47 Å². The van der Waals surface area contributed by atoms with Gasteiger partial charge in [-0.15, -0.1) is 0 Å². The molecular formula is C16H23N3O2. The Morgan fingerprint density at radius 3 is 2.57 bits per heavy atom. The van der Waals surface area contributed by atoms with Gasteiger partial charge in [-0.2, -0.15) is 5.10 Å². The Labute approximate surface area is 125 Å². The summed E-state index contributed by atoms with van der Waals surface area (Å²) in [7, 11) is 3.31. The van der Waals surface area contributed by atoms with Gasteiger partial charge in [0.1, 0.15) is 11.5 Å². The van der Waals surface area contributed by atoms with Crippen LogP contribution in [0.15, 0.2) is 24.4 Å². The Morgan fingerprint density at radius 2 is 1.95 bits per heavy atom. The third-order valence-electron chi connectivity index (χ3n) is 3.31. The normalized spacial score (nSPS) is 11.3. The average molecular weight is 289 g/mol. The molecule has 5 nitrogen and oxygen atoms in total. The molecule has 21 heavy (non-hydrogen) atoms. The number of hydrogen-bond donors (Lipinski definition) is 2. The summed E-state index contributed by atoms with van der Waals surface area (Å²) in [4.78, 5) is 0. The summed E-state index contributed by atoms with van der Waals surface area (Å²) >= 11 is 0. The van der Waals surface area contributed by atoms with Crippen LogP contribution in [-0.4, -0.2) is 24.4 Å². The van der Waals surface area contributed by atoms with Crippen LogP contribution in [-0.2, 0) is 12.0 Å². The quantitative estimate of drug-likeness (QED) is 0.886. The van der Waals surface area contributed by atoms with Crippen molar-refractivity contribution in [3.63, 3.8) is 0 Å². The number of methoxy groups -OCH3 is 2. The molecule has 0 spiro atoms. The highest BCUT2D eigenvalue weighted by Crippen LogP contribution is 2.30. The van der Waals surface area contributed by atoms with Gasteiger partial charge in [0.05, 0.1) is 25.6 Å². The molecule has 1 heterocycles. The van der Waals surface area contributed by atoms with Crippen LogP contribution in [0.25, 0.3) is 0 Å². The first-order chi connectivity index (χ1) is 9.95. The molecule has 2 aromatic rings.